The van der Waals surface area contributed by atoms with E-state index in [1.54, 1.807) is 0 Å². The van der Waals surface area contributed by atoms with E-state index in [0.717, 1.165) is 21.8 Å². The maximum atomic E-state index is 6.02. The maximum absolute atomic E-state index is 6.02. The molecule has 0 amide bonds. The standard InChI is InChI=1S/C12H5B4N/c13-8-7-5-3-1-2-4-6(5)17-12(7)11(16)10(15)9(8)14/h1-4,17H. The number of H-pyrrole nitrogens is 1. The van der Waals surface area contributed by atoms with Crippen LogP contribution in [0.2, 0.25) is 0 Å². The van der Waals surface area contributed by atoms with Crippen molar-refractivity contribution in [3.63, 3.8) is 0 Å². The van der Waals surface area contributed by atoms with Crippen molar-refractivity contribution in [1.29, 1.82) is 0 Å². The molecule has 0 saturated carbocycles. The summed E-state index contributed by atoms with van der Waals surface area (Å²) in [4.78, 5) is 3.21. The highest BCUT2D eigenvalue weighted by molar-refractivity contribution is 6.67. The summed E-state index contributed by atoms with van der Waals surface area (Å²) in [5, 5.41) is 1.84. The van der Waals surface area contributed by atoms with Gasteiger partial charge in [0.1, 0.15) is 31.4 Å². The van der Waals surface area contributed by atoms with Crippen LogP contribution in [0.3, 0.4) is 0 Å². The van der Waals surface area contributed by atoms with Crippen LogP contribution in [-0.2, 0) is 0 Å². The van der Waals surface area contributed by atoms with E-state index in [4.69, 9.17) is 31.4 Å². The number of rotatable bonds is 0. The van der Waals surface area contributed by atoms with Gasteiger partial charge < -0.3 is 4.98 Å². The van der Waals surface area contributed by atoms with Crippen molar-refractivity contribution in [3.8, 4) is 0 Å². The van der Waals surface area contributed by atoms with Gasteiger partial charge in [0.05, 0.1) is 0 Å². The predicted molar refractivity (Wildman–Crippen MR) is 77.4 cm³/mol. The lowest BCUT2D eigenvalue weighted by atomic mass is 9.65. The van der Waals surface area contributed by atoms with Gasteiger partial charge in [0.25, 0.3) is 0 Å². The monoisotopic (exact) mass is 207 g/mol. The number of benzene rings is 2. The lowest BCUT2D eigenvalue weighted by Crippen LogP contribution is -2.47. The summed E-state index contributed by atoms with van der Waals surface area (Å²) in [6, 6.07) is 7.81. The van der Waals surface area contributed by atoms with Gasteiger partial charge in [-0.2, -0.15) is 0 Å². The van der Waals surface area contributed by atoms with E-state index in [9.17, 15) is 0 Å². The zero-order chi connectivity index (χ0) is 12.2. The van der Waals surface area contributed by atoms with Gasteiger partial charge in [-0.25, -0.2) is 0 Å². The van der Waals surface area contributed by atoms with Gasteiger partial charge in [-0.05, 0) is 11.5 Å². The number of para-hydroxylation sites is 1. The molecular formula is C12H5B4N. The van der Waals surface area contributed by atoms with E-state index in [2.05, 4.69) is 4.98 Å². The summed E-state index contributed by atoms with van der Waals surface area (Å²) in [7, 11) is 23.7. The van der Waals surface area contributed by atoms with Crippen molar-refractivity contribution in [2.24, 2.45) is 0 Å². The molecule has 2 aromatic carbocycles. The highest BCUT2D eigenvalue weighted by Gasteiger charge is 2.11. The fraction of sp³-hybridized carbons (Fsp3) is 0. The summed E-state index contributed by atoms with van der Waals surface area (Å²) in [6.07, 6.45) is 0. The van der Waals surface area contributed by atoms with Crippen LogP contribution in [0.5, 0.6) is 0 Å². The zero-order valence-electron chi connectivity index (χ0n) is 9.12. The van der Waals surface area contributed by atoms with Crippen LogP contribution in [0.1, 0.15) is 0 Å². The minimum atomic E-state index is 0.335. The number of nitrogens with one attached hydrogen (secondary N) is 1. The third-order valence-corrected chi connectivity index (χ3v) is 3.12. The third kappa shape index (κ3) is 1.32. The molecule has 17 heavy (non-hydrogen) atoms. The first-order valence-corrected chi connectivity index (χ1v) is 5.23. The van der Waals surface area contributed by atoms with Gasteiger partial charge in [-0.1, -0.05) is 29.1 Å². The molecule has 0 atom stereocenters. The van der Waals surface area contributed by atoms with E-state index in [-0.39, 0.29) is 0 Å². The summed E-state index contributed by atoms with van der Waals surface area (Å²) in [5.74, 6) is 0. The minimum Gasteiger partial charge on any atom is -0.355 e. The Hall–Kier alpha value is -1.50. The van der Waals surface area contributed by atoms with Gasteiger partial charge in [0, 0.05) is 16.4 Å². The molecule has 0 fully saturated rings. The third-order valence-electron chi connectivity index (χ3n) is 3.12. The fourth-order valence-corrected chi connectivity index (χ4v) is 2.18. The summed E-state index contributed by atoms with van der Waals surface area (Å²) >= 11 is 0. The highest BCUT2D eigenvalue weighted by atomic mass is 14.7. The van der Waals surface area contributed by atoms with Gasteiger partial charge in [0.15, 0.2) is 0 Å². The van der Waals surface area contributed by atoms with Crippen LogP contribution < -0.4 is 21.9 Å². The fourth-order valence-electron chi connectivity index (χ4n) is 2.18. The molecule has 8 radical (unpaired) electrons. The van der Waals surface area contributed by atoms with Crippen molar-refractivity contribution < 1.29 is 0 Å². The molecular weight excluding hydrogens is 201 g/mol. The van der Waals surface area contributed by atoms with Crippen LogP contribution in [0.4, 0.5) is 0 Å². The summed E-state index contributed by atoms with van der Waals surface area (Å²) in [6.45, 7) is 0. The van der Waals surface area contributed by atoms with E-state index in [1.807, 2.05) is 24.3 Å². The molecule has 3 aromatic rings. The minimum absolute atomic E-state index is 0.335. The van der Waals surface area contributed by atoms with E-state index in [1.165, 1.54) is 0 Å². The zero-order valence-corrected chi connectivity index (χ0v) is 9.12. The molecule has 1 aromatic heterocycles. The molecule has 3 rings (SSSR count). The quantitative estimate of drug-likeness (QED) is 0.431. The van der Waals surface area contributed by atoms with E-state index >= 15 is 0 Å². The second kappa shape index (κ2) is 3.49. The number of aromatic amines is 1. The Bertz CT molecular complexity index is 745. The molecule has 0 aliphatic heterocycles. The maximum Gasteiger partial charge on any atom is 0.115 e. The van der Waals surface area contributed by atoms with Gasteiger partial charge in [0.2, 0.25) is 0 Å². The first-order chi connectivity index (χ1) is 8.11. The molecule has 1 heterocycles. The topological polar surface area (TPSA) is 15.8 Å². The van der Waals surface area contributed by atoms with Crippen LogP contribution in [0.25, 0.3) is 21.8 Å². The molecule has 0 saturated heterocycles. The van der Waals surface area contributed by atoms with Crippen molar-refractivity contribution in [3.05, 3.63) is 24.3 Å². The number of hydrogen-bond acceptors (Lipinski definition) is 0. The van der Waals surface area contributed by atoms with Crippen molar-refractivity contribution in [2.75, 3.05) is 0 Å². The molecule has 0 aliphatic carbocycles. The second-order valence-electron chi connectivity index (χ2n) is 4.08. The van der Waals surface area contributed by atoms with Gasteiger partial charge in [-0.3, -0.25) is 0 Å². The van der Waals surface area contributed by atoms with E-state index < -0.39 is 0 Å². The molecule has 0 unspecified atom stereocenters. The Kier molecular flexibility index (Phi) is 2.19. The van der Waals surface area contributed by atoms with Crippen LogP contribution in [0, 0.1) is 0 Å². The molecule has 0 bridgehead atoms. The molecule has 0 aliphatic rings. The summed E-state index contributed by atoms with van der Waals surface area (Å²) < 4.78 is 0. The van der Waals surface area contributed by atoms with Crippen molar-refractivity contribution in [1.82, 2.24) is 4.98 Å². The van der Waals surface area contributed by atoms with Crippen LogP contribution >= 0.6 is 0 Å². The average molecular weight is 206 g/mol. The second-order valence-corrected chi connectivity index (χ2v) is 4.08. The SMILES string of the molecule is [B]c1c([B])c([B])c2c([nH]c3ccccc32)c1[B]. The average Bonchev–Trinajstić information content (AvgIpc) is 2.73. The smallest absolute Gasteiger partial charge is 0.115 e. The largest absolute Gasteiger partial charge is 0.355 e. The highest BCUT2D eigenvalue weighted by Crippen LogP contribution is 2.20. The Labute approximate surface area is 105 Å². The van der Waals surface area contributed by atoms with Crippen molar-refractivity contribution in [2.45, 2.75) is 0 Å². The van der Waals surface area contributed by atoms with Crippen molar-refractivity contribution >= 4 is 75.0 Å². The molecule has 70 valence electrons. The van der Waals surface area contributed by atoms with Gasteiger partial charge >= 0.3 is 0 Å². The van der Waals surface area contributed by atoms with Crippen LogP contribution in [0.15, 0.2) is 24.3 Å². The Morgan fingerprint density at radius 3 is 2.18 bits per heavy atom. The number of aromatic nitrogens is 1. The lowest BCUT2D eigenvalue weighted by molar-refractivity contribution is 1.57. The Morgan fingerprint density at radius 1 is 0.765 bits per heavy atom. The first-order valence-electron chi connectivity index (χ1n) is 5.23. The molecule has 5 heteroatoms. The summed E-state index contributed by atoms with van der Waals surface area (Å²) in [5.41, 5.74) is 3.31. The lowest BCUT2D eigenvalue weighted by Gasteiger charge is -2.12. The van der Waals surface area contributed by atoms with Crippen LogP contribution in [-0.4, -0.2) is 36.4 Å². The van der Waals surface area contributed by atoms with E-state index in [0.29, 0.717) is 21.9 Å². The Morgan fingerprint density at radius 2 is 1.41 bits per heavy atom. The molecule has 0 spiro atoms. The number of fused-ring (bicyclic) bond motifs is 3. The Balaban J connectivity index is 2.67. The molecule has 1 N–H and O–H groups in total. The molecule has 1 nitrogen and oxygen atoms in total. The number of hydrogen-bond donors (Lipinski definition) is 1. The first kappa shape index (κ1) is 10.6. The predicted octanol–water partition coefficient (Wildman–Crippen LogP) is -1.50. The van der Waals surface area contributed by atoms with Gasteiger partial charge in [-0.15, -0.1) is 10.9 Å². The normalized spacial score (nSPS) is 11.3.